The number of hydrogen-bond acceptors (Lipinski definition) is 5. The van der Waals surface area contributed by atoms with Gasteiger partial charge in [0, 0.05) is 23.6 Å². The molecule has 5 nitrogen and oxygen atoms in total. The summed E-state index contributed by atoms with van der Waals surface area (Å²) in [5.41, 5.74) is 2.28. The highest BCUT2D eigenvalue weighted by molar-refractivity contribution is 7.98. The van der Waals surface area contributed by atoms with Gasteiger partial charge < -0.3 is 14.8 Å². The number of carbonyl (C=O) groups is 1. The van der Waals surface area contributed by atoms with Gasteiger partial charge in [-0.2, -0.15) is 17.0 Å². The third kappa shape index (κ3) is 3.81. The van der Waals surface area contributed by atoms with Gasteiger partial charge in [-0.15, -0.1) is 0 Å². The van der Waals surface area contributed by atoms with E-state index in [1.165, 1.54) is 0 Å². The van der Waals surface area contributed by atoms with Crippen LogP contribution in [0.4, 0.5) is 0 Å². The molecule has 0 bridgehead atoms. The smallest absolute Gasteiger partial charge is 0.251 e. The highest BCUT2D eigenvalue weighted by atomic mass is 32.2. The average molecular weight is 340 g/mol. The molecule has 2 aromatic carbocycles. The Morgan fingerprint density at radius 1 is 1.21 bits per heavy atom. The van der Waals surface area contributed by atoms with Gasteiger partial charge in [0.25, 0.3) is 5.91 Å². The lowest BCUT2D eigenvalue weighted by atomic mass is 10.1. The van der Waals surface area contributed by atoms with E-state index in [0.29, 0.717) is 29.2 Å². The van der Waals surface area contributed by atoms with Crippen molar-refractivity contribution in [1.82, 2.24) is 5.32 Å². The lowest BCUT2D eigenvalue weighted by Crippen LogP contribution is -2.25. The molecule has 1 aliphatic heterocycles. The molecule has 1 amide bonds. The quantitative estimate of drug-likeness (QED) is 0.819. The summed E-state index contributed by atoms with van der Waals surface area (Å²) in [7, 11) is 0. The Balaban J connectivity index is 1.43. The fourth-order valence-electron chi connectivity index (χ4n) is 2.31. The van der Waals surface area contributed by atoms with Crippen molar-refractivity contribution in [2.75, 3.05) is 19.1 Å². The predicted molar refractivity (Wildman–Crippen MR) is 92.2 cm³/mol. The van der Waals surface area contributed by atoms with Gasteiger partial charge in [-0.25, -0.2) is 0 Å². The summed E-state index contributed by atoms with van der Waals surface area (Å²) >= 11 is 1.68. The largest absolute Gasteiger partial charge is 0.454 e. The predicted octanol–water partition coefficient (Wildman–Crippen LogP) is 2.95. The molecule has 0 saturated carbocycles. The number of carbonyl (C=O) groups excluding carboxylic acids is 1. The van der Waals surface area contributed by atoms with Crippen molar-refractivity contribution in [2.45, 2.75) is 5.75 Å². The molecule has 24 heavy (non-hydrogen) atoms. The molecule has 0 aliphatic carbocycles. The van der Waals surface area contributed by atoms with Crippen LogP contribution in [0.1, 0.15) is 21.5 Å². The summed E-state index contributed by atoms with van der Waals surface area (Å²) in [5.74, 6) is 2.66. The van der Waals surface area contributed by atoms with Crippen molar-refractivity contribution in [3.8, 4) is 17.6 Å². The lowest BCUT2D eigenvalue weighted by Gasteiger charge is -2.07. The molecule has 0 fully saturated rings. The van der Waals surface area contributed by atoms with Gasteiger partial charge in [0.1, 0.15) is 0 Å². The molecule has 0 aromatic heterocycles. The van der Waals surface area contributed by atoms with E-state index in [1.807, 2.05) is 24.3 Å². The first-order valence-electron chi connectivity index (χ1n) is 7.51. The van der Waals surface area contributed by atoms with Crippen LogP contribution in [0.15, 0.2) is 42.5 Å². The minimum Gasteiger partial charge on any atom is -0.454 e. The number of nitrogens with one attached hydrogen (secondary N) is 1. The average Bonchev–Trinajstić information content (AvgIpc) is 3.09. The van der Waals surface area contributed by atoms with Gasteiger partial charge in [-0.1, -0.05) is 18.2 Å². The molecule has 0 radical (unpaired) electrons. The second kappa shape index (κ2) is 7.75. The first-order chi connectivity index (χ1) is 11.8. The highest BCUT2D eigenvalue weighted by Gasteiger charge is 2.15. The van der Waals surface area contributed by atoms with E-state index in [-0.39, 0.29) is 12.7 Å². The molecule has 0 unspecified atom stereocenters. The number of ether oxygens (including phenoxy) is 2. The molecule has 1 N–H and O–H groups in total. The number of benzene rings is 2. The molecule has 1 heterocycles. The van der Waals surface area contributed by atoms with Crippen LogP contribution in [-0.4, -0.2) is 25.0 Å². The molecular weight excluding hydrogens is 324 g/mol. The first-order valence-corrected chi connectivity index (χ1v) is 8.67. The standard InChI is InChI=1S/C18H16N2O3S/c19-10-14-3-1-2-4-15(14)11-24-8-7-20-18(21)13-5-6-16-17(9-13)23-12-22-16/h1-6,9H,7-8,11-12H2,(H,20,21). The van der Waals surface area contributed by atoms with E-state index in [2.05, 4.69) is 11.4 Å². The van der Waals surface area contributed by atoms with Crippen LogP contribution < -0.4 is 14.8 Å². The number of nitrogens with zero attached hydrogens (tertiary/aromatic N) is 1. The molecule has 2 aromatic rings. The van der Waals surface area contributed by atoms with Crippen LogP contribution in [0.25, 0.3) is 0 Å². The molecule has 0 saturated heterocycles. The third-order valence-electron chi connectivity index (χ3n) is 3.56. The van der Waals surface area contributed by atoms with Crippen LogP contribution in [0, 0.1) is 11.3 Å². The Kier molecular flexibility index (Phi) is 5.24. The van der Waals surface area contributed by atoms with E-state index < -0.39 is 0 Å². The van der Waals surface area contributed by atoms with E-state index in [0.717, 1.165) is 17.1 Å². The zero-order valence-corrected chi connectivity index (χ0v) is 13.8. The molecule has 6 heteroatoms. The van der Waals surface area contributed by atoms with Gasteiger partial charge in [0.05, 0.1) is 11.6 Å². The van der Waals surface area contributed by atoms with Crippen LogP contribution >= 0.6 is 11.8 Å². The number of amides is 1. The number of fused-ring (bicyclic) bond motifs is 1. The number of hydrogen-bond donors (Lipinski definition) is 1. The van der Waals surface area contributed by atoms with E-state index in [9.17, 15) is 4.79 Å². The fraction of sp³-hybridized carbons (Fsp3) is 0.222. The number of thioether (sulfide) groups is 1. The van der Waals surface area contributed by atoms with Crippen LogP contribution in [0.2, 0.25) is 0 Å². The molecule has 122 valence electrons. The van der Waals surface area contributed by atoms with Crippen molar-refractivity contribution in [3.63, 3.8) is 0 Å². The van der Waals surface area contributed by atoms with Crippen LogP contribution in [0.3, 0.4) is 0 Å². The molecular formula is C18H16N2O3S. The maximum Gasteiger partial charge on any atom is 0.251 e. The van der Waals surface area contributed by atoms with Crippen molar-refractivity contribution < 1.29 is 14.3 Å². The SMILES string of the molecule is N#Cc1ccccc1CSCCNC(=O)c1ccc2c(c1)OCO2. The zero-order chi connectivity index (χ0) is 16.8. The van der Waals surface area contributed by atoms with E-state index in [4.69, 9.17) is 14.7 Å². The Morgan fingerprint density at radius 3 is 2.92 bits per heavy atom. The summed E-state index contributed by atoms with van der Waals surface area (Å²) in [5, 5.41) is 11.9. The Morgan fingerprint density at radius 2 is 2.04 bits per heavy atom. The summed E-state index contributed by atoms with van der Waals surface area (Å²) in [4.78, 5) is 12.1. The molecule has 0 atom stereocenters. The van der Waals surface area contributed by atoms with Crippen molar-refractivity contribution in [3.05, 3.63) is 59.2 Å². The summed E-state index contributed by atoms with van der Waals surface area (Å²) in [6.45, 7) is 0.758. The topological polar surface area (TPSA) is 71.4 Å². The summed E-state index contributed by atoms with van der Waals surface area (Å²) < 4.78 is 10.5. The van der Waals surface area contributed by atoms with Gasteiger partial charge in [-0.05, 0) is 29.8 Å². The molecule has 1 aliphatic rings. The number of nitriles is 1. The zero-order valence-electron chi connectivity index (χ0n) is 13.0. The Hall–Kier alpha value is -2.65. The lowest BCUT2D eigenvalue weighted by molar-refractivity contribution is 0.0955. The van der Waals surface area contributed by atoms with Crippen LogP contribution in [0.5, 0.6) is 11.5 Å². The van der Waals surface area contributed by atoms with Gasteiger partial charge in [0.2, 0.25) is 6.79 Å². The summed E-state index contributed by atoms with van der Waals surface area (Å²) in [6.07, 6.45) is 0. The molecule has 0 spiro atoms. The normalized spacial score (nSPS) is 11.8. The van der Waals surface area contributed by atoms with Crippen LogP contribution in [-0.2, 0) is 5.75 Å². The highest BCUT2D eigenvalue weighted by Crippen LogP contribution is 2.32. The third-order valence-corrected chi connectivity index (χ3v) is 4.57. The van der Waals surface area contributed by atoms with E-state index in [1.54, 1.807) is 30.0 Å². The monoisotopic (exact) mass is 340 g/mol. The minimum atomic E-state index is -0.133. The minimum absolute atomic E-state index is 0.133. The molecule has 3 rings (SSSR count). The Bertz CT molecular complexity index is 786. The maximum atomic E-state index is 12.1. The van der Waals surface area contributed by atoms with Crippen molar-refractivity contribution >= 4 is 17.7 Å². The van der Waals surface area contributed by atoms with Gasteiger partial charge >= 0.3 is 0 Å². The van der Waals surface area contributed by atoms with Crippen molar-refractivity contribution in [1.29, 1.82) is 5.26 Å². The second-order valence-corrected chi connectivity index (χ2v) is 6.25. The maximum absolute atomic E-state index is 12.1. The van der Waals surface area contributed by atoms with E-state index >= 15 is 0 Å². The fourth-order valence-corrected chi connectivity index (χ4v) is 3.18. The second-order valence-electron chi connectivity index (χ2n) is 5.15. The number of rotatable bonds is 6. The first kappa shape index (κ1) is 16.2. The van der Waals surface area contributed by atoms with Gasteiger partial charge in [0.15, 0.2) is 11.5 Å². The summed E-state index contributed by atoms with van der Waals surface area (Å²) in [6, 6.07) is 14.9. The van der Waals surface area contributed by atoms with Crippen molar-refractivity contribution in [2.24, 2.45) is 0 Å². The van der Waals surface area contributed by atoms with Gasteiger partial charge in [-0.3, -0.25) is 4.79 Å². The Labute approximate surface area is 144 Å².